The van der Waals surface area contributed by atoms with Crippen LogP contribution in [-0.2, 0) is 6.42 Å². The minimum Gasteiger partial charge on any atom is -0.370 e. The second-order valence-corrected chi connectivity index (χ2v) is 6.18. The van der Waals surface area contributed by atoms with Crippen LogP contribution in [0.2, 0.25) is 5.02 Å². The molecule has 2 N–H and O–H groups in total. The number of nitrogens with zero attached hydrogens (tertiary/aromatic N) is 2. The normalized spacial score (nSPS) is 12.8. The lowest BCUT2D eigenvalue weighted by atomic mass is 10.0. The topological polar surface area (TPSA) is 32.5 Å². The number of hydrogen-bond donors (Lipinski definition) is 1. The average Bonchev–Trinajstić information content (AvgIpc) is 2.36. The zero-order valence-corrected chi connectivity index (χ0v) is 14.0. The highest BCUT2D eigenvalue weighted by Crippen LogP contribution is 2.26. The van der Waals surface area contributed by atoms with Gasteiger partial charge in [0.05, 0.1) is 0 Å². The summed E-state index contributed by atoms with van der Waals surface area (Å²) in [5, 5.41) is 0.791. The van der Waals surface area contributed by atoms with Crippen molar-refractivity contribution < 1.29 is 0 Å². The van der Waals surface area contributed by atoms with Crippen LogP contribution in [-0.4, -0.2) is 44.7 Å². The molecule has 4 heteroatoms. The second-order valence-electron chi connectivity index (χ2n) is 5.74. The summed E-state index contributed by atoms with van der Waals surface area (Å²) >= 11 is 6.19. The molecule has 0 radical (unpaired) electrons. The molecule has 20 heavy (non-hydrogen) atoms. The van der Waals surface area contributed by atoms with Gasteiger partial charge in [-0.15, -0.1) is 0 Å². The zero-order chi connectivity index (χ0) is 15.1. The molecule has 0 heterocycles. The fraction of sp³-hybridized carbons (Fsp3) is 0.625. The van der Waals surface area contributed by atoms with Crippen molar-refractivity contribution in [1.29, 1.82) is 0 Å². The summed E-state index contributed by atoms with van der Waals surface area (Å²) in [6.45, 7) is 7.33. The molecule has 0 amide bonds. The molecule has 0 aromatic heterocycles. The summed E-state index contributed by atoms with van der Waals surface area (Å²) < 4.78 is 0. The third kappa shape index (κ3) is 5.70. The van der Waals surface area contributed by atoms with Crippen LogP contribution >= 0.6 is 11.6 Å². The number of anilines is 1. The Labute approximate surface area is 128 Å². The van der Waals surface area contributed by atoms with Gasteiger partial charge in [-0.05, 0) is 51.6 Å². The van der Waals surface area contributed by atoms with Crippen molar-refractivity contribution in [3.63, 3.8) is 0 Å². The van der Waals surface area contributed by atoms with Gasteiger partial charge >= 0.3 is 0 Å². The van der Waals surface area contributed by atoms with E-state index in [1.165, 1.54) is 11.3 Å². The van der Waals surface area contributed by atoms with E-state index in [0.29, 0.717) is 0 Å². The molecule has 0 aliphatic carbocycles. The largest absolute Gasteiger partial charge is 0.370 e. The summed E-state index contributed by atoms with van der Waals surface area (Å²) in [6.07, 6.45) is 2.01. The number of halogens is 1. The molecule has 0 saturated heterocycles. The summed E-state index contributed by atoms with van der Waals surface area (Å²) in [6, 6.07) is 6.30. The molecule has 1 atom stereocenters. The number of benzene rings is 1. The van der Waals surface area contributed by atoms with Crippen LogP contribution < -0.4 is 10.6 Å². The molecular weight excluding hydrogens is 270 g/mol. The highest BCUT2D eigenvalue weighted by atomic mass is 35.5. The van der Waals surface area contributed by atoms with Gasteiger partial charge in [0.15, 0.2) is 0 Å². The summed E-state index contributed by atoms with van der Waals surface area (Å²) in [7, 11) is 4.20. The molecule has 1 rings (SSSR count). The van der Waals surface area contributed by atoms with Crippen molar-refractivity contribution in [2.75, 3.05) is 38.6 Å². The molecule has 1 unspecified atom stereocenters. The van der Waals surface area contributed by atoms with E-state index in [0.717, 1.165) is 37.5 Å². The Morgan fingerprint density at radius 3 is 2.45 bits per heavy atom. The van der Waals surface area contributed by atoms with E-state index in [1.807, 2.05) is 13.0 Å². The van der Waals surface area contributed by atoms with E-state index in [1.54, 1.807) is 0 Å². The van der Waals surface area contributed by atoms with E-state index in [2.05, 4.69) is 43.0 Å². The first-order chi connectivity index (χ1) is 9.43. The Morgan fingerprint density at radius 1 is 1.20 bits per heavy atom. The quantitative estimate of drug-likeness (QED) is 0.800. The molecule has 3 nitrogen and oxygen atoms in total. The van der Waals surface area contributed by atoms with E-state index in [4.69, 9.17) is 17.3 Å². The van der Waals surface area contributed by atoms with Crippen LogP contribution in [0.15, 0.2) is 18.2 Å². The maximum atomic E-state index is 6.19. The van der Waals surface area contributed by atoms with Gasteiger partial charge in [-0.2, -0.15) is 0 Å². The molecule has 0 saturated carbocycles. The van der Waals surface area contributed by atoms with E-state index in [9.17, 15) is 0 Å². The Balaban J connectivity index is 2.99. The van der Waals surface area contributed by atoms with Gasteiger partial charge in [0.2, 0.25) is 0 Å². The van der Waals surface area contributed by atoms with Crippen LogP contribution in [0.4, 0.5) is 5.69 Å². The Hall–Kier alpha value is -0.770. The smallest absolute Gasteiger partial charge is 0.0426 e. The van der Waals surface area contributed by atoms with Gasteiger partial charge in [0.25, 0.3) is 0 Å². The number of nitrogens with two attached hydrogens (primary N) is 1. The predicted molar refractivity (Wildman–Crippen MR) is 89.9 cm³/mol. The van der Waals surface area contributed by atoms with Crippen LogP contribution in [0.3, 0.4) is 0 Å². The van der Waals surface area contributed by atoms with Gasteiger partial charge < -0.3 is 15.5 Å². The van der Waals surface area contributed by atoms with Crippen molar-refractivity contribution in [2.45, 2.75) is 32.7 Å². The minimum atomic E-state index is 0.159. The fourth-order valence-corrected chi connectivity index (χ4v) is 2.46. The minimum absolute atomic E-state index is 0.159. The summed E-state index contributed by atoms with van der Waals surface area (Å²) in [5.74, 6) is 0. The first-order valence-electron chi connectivity index (χ1n) is 7.37. The predicted octanol–water partition coefficient (Wildman–Crippen LogP) is 3.01. The highest BCUT2D eigenvalue weighted by Gasteiger charge is 2.13. The van der Waals surface area contributed by atoms with Crippen LogP contribution in [0, 0.1) is 0 Å². The molecule has 1 aromatic rings. The molecule has 1 aromatic carbocycles. The van der Waals surface area contributed by atoms with E-state index >= 15 is 0 Å². The Bertz CT molecular complexity index is 405. The lowest BCUT2D eigenvalue weighted by Crippen LogP contribution is -2.33. The Morgan fingerprint density at radius 2 is 1.90 bits per heavy atom. The molecular formula is C16H28ClN3. The van der Waals surface area contributed by atoms with Gasteiger partial charge in [0.1, 0.15) is 0 Å². The van der Waals surface area contributed by atoms with Crippen LogP contribution in [0.5, 0.6) is 0 Å². The zero-order valence-electron chi connectivity index (χ0n) is 13.2. The molecule has 0 fully saturated rings. The van der Waals surface area contributed by atoms with Crippen LogP contribution in [0.1, 0.15) is 25.8 Å². The summed E-state index contributed by atoms with van der Waals surface area (Å²) in [5.41, 5.74) is 8.49. The van der Waals surface area contributed by atoms with Crippen molar-refractivity contribution in [3.8, 4) is 0 Å². The molecule has 0 bridgehead atoms. The number of rotatable bonds is 8. The van der Waals surface area contributed by atoms with Crippen LogP contribution in [0.25, 0.3) is 0 Å². The van der Waals surface area contributed by atoms with Crippen molar-refractivity contribution in [3.05, 3.63) is 28.8 Å². The van der Waals surface area contributed by atoms with E-state index in [-0.39, 0.29) is 6.04 Å². The highest BCUT2D eigenvalue weighted by molar-refractivity contribution is 6.30. The maximum absolute atomic E-state index is 6.19. The monoisotopic (exact) mass is 297 g/mol. The van der Waals surface area contributed by atoms with Gasteiger partial charge in [-0.25, -0.2) is 0 Å². The standard InChI is InChI=1S/C16H28ClN3/c1-5-8-20(10-9-19(3)4)16-12-15(17)7-6-14(16)11-13(2)18/h6-7,12-13H,5,8-11,18H2,1-4H3. The second kappa shape index (κ2) is 8.50. The molecule has 0 aliphatic rings. The average molecular weight is 298 g/mol. The lowest BCUT2D eigenvalue weighted by molar-refractivity contribution is 0.412. The molecule has 0 aliphatic heterocycles. The van der Waals surface area contributed by atoms with E-state index < -0.39 is 0 Å². The van der Waals surface area contributed by atoms with Gasteiger partial charge in [-0.3, -0.25) is 0 Å². The van der Waals surface area contributed by atoms with Crippen molar-refractivity contribution in [2.24, 2.45) is 5.73 Å². The number of hydrogen-bond acceptors (Lipinski definition) is 3. The maximum Gasteiger partial charge on any atom is 0.0426 e. The van der Waals surface area contributed by atoms with Crippen molar-refractivity contribution >= 4 is 17.3 Å². The third-order valence-corrected chi connectivity index (χ3v) is 3.48. The fourth-order valence-electron chi connectivity index (χ4n) is 2.29. The van der Waals surface area contributed by atoms with Crippen molar-refractivity contribution in [1.82, 2.24) is 4.90 Å². The third-order valence-electron chi connectivity index (χ3n) is 3.24. The first-order valence-corrected chi connectivity index (χ1v) is 7.75. The molecule has 0 spiro atoms. The van der Waals surface area contributed by atoms with Gasteiger partial charge in [-0.1, -0.05) is 24.6 Å². The summed E-state index contributed by atoms with van der Waals surface area (Å²) in [4.78, 5) is 4.63. The Kier molecular flexibility index (Phi) is 7.35. The SMILES string of the molecule is CCCN(CCN(C)C)c1cc(Cl)ccc1CC(C)N. The van der Waals surface area contributed by atoms with Gasteiger partial charge in [0, 0.05) is 36.4 Å². The lowest BCUT2D eigenvalue weighted by Gasteiger charge is -2.29. The molecule has 114 valence electrons. The number of likely N-dealkylation sites (N-methyl/N-ethyl adjacent to an activating group) is 1. The first kappa shape index (κ1) is 17.3.